The molecule has 0 saturated carbocycles. The minimum atomic E-state index is 0.465. The minimum Gasteiger partial charge on any atom is -0.0836 e. The van der Waals surface area contributed by atoms with Gasteiger partial charge in [-0.15, -0.1) is 0 Å². The molecular weight excluding hydrogens is 288 g/mol. The molecule has 1 atom stereocenters. The van der Waals surface area contributed by atoms with Crippen molar-refractivity contribution in [2.24, 2.45) is 0 Å². The lowest BCUT2D eigenvalue weighted by Crippen LogP contribution is -2.15. The van der Waals surface area contributed by atoms with E-state index in [1.807, 2.05) is 0 Å². The molecule has 116 valence electrons. The number of benzene rings is 3. The van der Waals surface area contributed by atoms with Crippen LogP contribution in [0.15, 0.2) is 72.8 Å². The van der Waals surface area contributed by atoms with E-state index in [2.05, 4.69) is 78.9 Å². The Kier molecular flexibility index (Phi) is 3.16. The highest BCUT2D eigenvalue weighted by molar-refractivity contribution is 5.78. The average Bonchev–Trinajstić information content (AvgIpc) is 2.67. The molecule has 0 aromatic heterocycles. The Bertz CT molecular complexity index is 932. The van der Waals surface area contributed by atoms with Gasteiger partial charge in [-0.25, -0.2) is 0 Å². The zero-order valence-corrected chi connectivity index (χ0v) is 13.7. The number of hydrogen-bond donors (Lipinski definition) is 0. The molecule has 1 unspecified atom stereocenters. The van der Waals surface area contributed by atoms with Crippen molar-refractivity contribution >= 4 is 6.08 Å². The van der Waals surface area contributed by atoms with Gasteiger partial charge in [-0.1, -0.05) is 78.9 Å². The Morgan fingerprint density at radius 1 is 0.708 bits per heavy atom. The van der Waals surface area contributed by atoms with Gasteiger partial charge in [0.25, 0.3) is 0 Å². The third kappa shape index (κ3) is 2.06. The first kappa shape index (κ1) is 13.8. The average molecular weight is 308 g/mol. The van der Waals surface area contributed by atoms with Gasteiger partial charge in [0.2, 0.25) is 0 Å². The molecule has 5 rings (SSSR count). The normalized spacial score (nSPS) is 17.8. The van der Waals surface area contributed by atoms with Crippen molar-refractivity contribution in [3.63, 3.8) is 0 Å². The molecule has 0 radical (unpaired) electrons. The summed E-state index contributed by atoms with van der Waals surface area (Å²) in [6.45, 7) is 0. The number of allylic oxidation sites excluding steroid dienone is 1. The fraction of sp³-hybridized carbons (Fsp3) is 0.167. The van der Waals surface area contributed by atoms with Crippen LogP contribution in [0, 0.1) is 0 Å². The zero-order valence-electron chi connectivity index (χ0n) is 13.7. The van der Waals surface area contributed by atoms with Gasteiger partial charge in [-0.05, 0) is 58.2 Å². The first-order valence-corrected chi connectivity index (χ1v) is 8.87. The van der Waals surface area contributed by atoms with Crippen LogP contribution in [0.1, 0.15) is 40.2 Å². The van der Waals surface area contributed by atoms with Crippen LogP contribution in [0.5, 0.6) is 0 Å². The van der Waals surface area contributed by atoms with Crippen LogP contribution >= 0.6 is 0 Å². The second kappa shape index (κ2) is 5.49. The van der Waals surface area contributed by atoms with Crippen molar-refractivity contribution in [3.05, 3.63) is 101 Å². The molecule has 0 saturated heterocycles. The molecular formula is C24H20. The van der Waals surface area contributed by atoms with Gasteiger partial charge in [0, 0.05) is 5.92 Å². The molecule has 0 bridgehead atoms. The van der Waals surface area contributed by atoms with Gasteiger partial charge >= 0.3 is 0 Å². The van der Waals surface area contributed by atoms with Crippen LogP contribution in [0.2, 0.25) is 0 Å². The predicted octanol–water partition coefficient (Wildman–Crippen LogP) is 6.00. The number of rotatable bonds is 1. The molecule has 3 aromatic rings. The highest BCUT2D eigenvalue weighted by Crippen LogP contribution is 2.45. The van der Waals surface area contributed by atoms with E-state index in [1.165, 1.54) is 40.7 Å². The van der Waals surface area contributed by atoms with Gasteiger partial charge in [0.15, 0.2) is 0 Å². The lowest BCUT2D eigenvalue weighted by Gasteiger charge is -2.31. The molecule has 2 aliphatic carbocycles. The summed E-state index contributed by atoms with van der Waals surface area (Å²) in [5.74, 6) is 0.465. The summed E-state index contributed by atoms with van der Waals surface area (Å²) in [6, 6.07) is 24.6. The lowest BCUT2D eigenvalue weighted by molar-refractivity contribution is 0.778. The van der Waals surface area contributed by atoms with Crippen LogP contribution in [-0.2, 0) is 12.8 Å². The largest absolute Gasteiger partial charge is 0.0836 e. The van der Waals surface area contributed by atoms with Crippen molar-refractivity contribution in [1.29, 1.82) is 0 Å². The van der Waals surface area contributed by atoms with Crippen molar-refractivity contribution in [1.82, 2.24) is 0 Å². The maximum absolute atomic E-state index is 2.34. The summed E-state index contributed by atoms with van der Waals surface area (Å²) in [7, 11) is 0. The highest BCUT2D eigenvalue weighted by Gasteiger charge is 2.28. The van der Waals surface area contributed by atoms with Crippen LogP contribution in [0.25, 0.3) is 17.2 Å². The molecule has 2 aliphatic rings. The summed E-state index contributed by atoms with van der Waals surface area (Å²) >= 11 is 0. The fourth-order valence-electron chi connectivity index (χ4n) is 4.43. The Morgan fingerprint density at radius 2 is 1.54 bits per heavy atom. The zero-order chi connectivity index (χ0) is 15.9. The summed E-state index contributed by atoms with van der Waals surface area (Å²) < 4.78 is 0. The molecule has 0 spiro atoms. The first-order valence-electron chi connectivity index (χ1n) is 8.87. The number of hydrogen-bond acceptors (Lipinski definition) is 0. The summed E-state index contributed by atoms with van der Waals surface area (Å²) in [4.78, 5) is 0. The van der Waals surface area contributed by atoms with Gasteiger partial charge in [0.1, 0.15) is 0 Å². The summed E-state index contributed by atoms with van der Waals surface area (Å²) in [5.41, 5.74) is 10.3. The van der Waals surface area contributed by atoms with Crippen LogP contribution < -0.4 is 0 Å². The predicted molar refractivity (Wildman–Crippen MR) is 101 cm³/mol. The van der Waals surface area contributed by atoms with Crippen LogP contribution in [0.4, 0.5) is 0 Å². The smallest absolute Gasteiger partial charge is 0.0136 e. The van der Waals surface area contributed by atoms with Crippen molar-refractivity contribution < 1.29 is 0 Å². The topological polar surface area (TPSA) is 0 Å². The SMILES string of the molecule is C1=Cc2ccc3c(c2CC1)CC(c1ccccc1)c1ccccc1-3. The molecule has 0 amide bonds. The van der Waals surface area contributed by atoms with Gasteiger partial charge in [-0.3, -0.25) is 0 Å². The van der Waals surface area contributed by atoms with Gasteiger partial charge < -0.3 is 0 Å². The van der Waals surface area contributed by atoms with E-state index in [9.17, 15) is 0 Å². The Morgan fingerprint density at radius 3 is 2.46 bits per heavy atom. The van der Waals surface area contributed by atoms with E-state index in [4.69, 9.17) is 0 Å². The van der Waals surface area contributed by atoms with E-state index in [-0.39, 0.29) is 0 Å². The Labute approximate surface area is 143 Å². The third-order valence-electron chi connectivity index (χ3n) is 5.56. The maximum atomic E-state index is 2.34. The van der Waals surface area contributed by atoms with Crippen LogP contribution in [0.3, 0.4) is 0 Å². The number of fused-ring (bicyclic) bond motifs is 5. The highest BCUT2D eigenvalue weighted by atomic mass is 14.3. The molecule has 0 nitrogen and oxygen atoms in total. The standard InChI is InChI=1S/C24H20/c1-2-8-17(9-3-1)23-16-24-19-11-5-4-10-18(19)14-15-22(24)20-12-6-7-13-21(20)23/h1-4,6-10,12-15,23H,5,11,16H2. The van der Waals surface area contributed by atoms with E-state index in [0.29, 0.717) is 5.92 Å². The maximum Gasteiger partial charge on any atom is 0.0136 e. The second-order valence-electron chi connectivity index (χ2n) is 6.86. The van der Waals surface area contributed by atoms with Crippen LogP contribution in [-0.4, -0.2) is 0 Å². The minimum absolute atomic E-state index is 0.465. The summed E-state index contributed by atoms with van der Waals surface area (Å²) in [5, 5.41) is 0. The molecule has 0 heteroatoms. The van der Waals surface area contributed by atoms with Gasteiger partial charge in [-0.2, -0.15) is 0 Å². The third-order valence-corrected chi connectivity index (χ3v) is 5.56. The lowest BCUT2D eigenvalue weighted by atomic mass is 9.73. The molecule has 24 heavy (non-hydrogen) atoms. The van der Waals surface area contributed by atoms with Gasteiger partial charge in [0.05, 0.1) is 0 Å². The molecule has 0 fully saturated rings. The van der Waals surface area contributed by atoms with E-state index >= 15 is 0 Å². The van der Waals surface area contributed by atoms with E-state index in [1.54, 1.807) is 11.1 Å². The second-order valence-corrected chi connectivity index (χ2v) is 6.86. The van der Waals surface area contributed by atoms with Crippen molar-refractivity contribution in [2.75, 3.05) is 0 Å². The van der Waals surface area contributed by atoms with E-state index in [0.717, 1.165) is 6.42 Å². The quantitative estimate of drug-likeness (QED) is 0.517. The molecule has 3 aromatic carbocycles. The fourth-order valence-corrected chi connectivity index (χ4v) is 4.43. The van der Waals surface area contributed by atoms with Crippen molar-refractivity contribution in [3.8, 4) is 11.1 Å². The molecule has 0 N–H and O–H groups in total. The first-order chi connectivity index (χ1) is 11.9. The van der Waals surface area contributed by atoms with E-state index < -0.39 is 0 Å². The molecule has 0 heterocycles. The monoisotopic (exact) mass is 308 g/mol. The Balaban J connectivity index is 1.76. The molecule has 0 aliphatic heterocycles. The van der Waals surface area contributed by atoms with Crippen molar-refractivity contribution in [2.45, 2.75) is 25.2 Å². The Hall–Kier alpha value is -2.60. The summed E-state index contributed by atoms with van der Waals surface area (Å²) in [6.07, 6.45) is 8.07.